The van der Waals surface area contributed by atoms with Crippen LogP contribution in [-0.4, -0.2) is 76.6 Å². The Morgan fingerprint density at radius 3 is 1.26 bits per heavy atom. The van der Waals surface area contributed by atoms with Crippen molar-refractivity contribution in [2.45, 2.75) is 22.6 Å². The van der Waals surface area contributed by atoms with Gasteiger partial charge in [-0.2, -0.15) is 33.7 Å². The summed E-state index contributed by atoms with van der Waals surface area (Å²) in [5, 5.41) is 0. The molecule has 3 aromatic rings. The van der Waals surface area contributed by atoms with Crippen LogP contribution in [0.3, 0.4) is 0 Å². The van der Waals surface area contributed by atoms with Gasteiger partial charge in [-0.3, -0.25) is 18.2 Å². The van der Waals surface area contributed by atoms with Gasteiger partial charge >= 0.3 is 0 Å². The van der Waals surface area contributed by atoms with E-state index in [1.165, 1.54) is 48.5 Å². The van der Waals surface area contributed by atoms with Gasteiger partial charge in [0.15, 0.2) is 0 Å². The van der Waals surface area contributed by atoms with Crippen molar-refractivity contribution < 1.29 is 61.4 Å². The minimum atomic E-state index is -4.26. The van der Waals surface area contributed by atoms with E-state index in [0.717, 1.165) is 6.07 Å². The van der Waals surface area contributed by atoms with Crippen molar-refractivity contribution >= 4 is 68.9 Å². The highest BCUT2D eigenvalue weighted by atomic mass is 32.2. The third-order valence-electron chi connectivity index (χ3n) is 5.24. The Morgan fingerprint density at radius 2 is 0.915 bits per heavy atom. The van der Waals surface area contributed by atoms with Crippen molar-refractivity contribution in [1.82, 2.24) is 0 Å². The van der Waals surface area contributed by atoms with Crippen LogP contribution in [0, 0.1) is 0 Å². The number of hydrogen-bond acceptors (Lipinski definition) is 15. The minimum absolute atomic E-state index is 0.0119. The monoisotopic (exact) mass is 745 g/mol. The summed E-state index contributed by atoms with van der Waals surface area (Å²) in [6, 6.07) is 11.9. The van der Waals surface area contributed by atoms with Crippen LogP contribution in [0.4, 0.5) is 28.4 Å². The summed E-state index contributed by atoms with van der Waals surface area (Å²) in [4.78, 5) is -0.505. The second kappa shape index (κ2) is 17.2. The maximum absolute atomic E-state index is 10.6. The molecule has 0 aliphatic carbocycles. The highest BCUT2D eigenvalue weighted by Crippen LogP contribution is 2.33. The molecule has 14 N–H and O–H groups in total. The molecule has 0 heterocycles. The van der Waals surface area contributed by atoms with Crippen LogP contribution in [0.25, 0.3) is 0 Å². The van der Waals surface area contributed by atoms with Gasteiger partial charge in [0.25, 0.3) is 40.5 Å². The standard InChI is InChI=1S/C12H20N2O8S2.C6H8N2O3S.C6H7NO3S/c13-9-8-12(22-4-2-6-24(18,19)20)10(14)7-11(9)21-3-1-5-23(15,16)17;7-4-1-2-5(8)6(3-4)12(9,10)11;7-5-1-3-6(4-2-5)11(8,9)10/h7-8H,1-6,13-14H2,(H,15,16,17)(H,18,19,20);1-3H,7-8H2,(H,9,10,11);1-4H,7H2,(H,8,9,10). The molecule has 47 heavy (non-hydrogen) atoms. The van der Waals surface area contributed by atoms with Crippen molar-refractivity contribution in [1.29, 1.82) is 0 Å². The number of hydrogen-bond donors (Lipinski definition) is 9. The van der Waals surface area contributed by atoms with Crippen molar-refractivity contribution in [3.63, 3.8) is 0 Å². The average molecular weight is 746 g/mol. The van der Waals surface area contributed by atoms with Crippen LogP contribution in [0.2, 0.25) is 0 Å². The lowest BCUT2D eigenvalue weighted by molar-refractivity contribution is 0.310. The second-order valence-corrected chi connectivity index (χ2v) is 15.2. The van der Waals surface area contributed by atoms with Gasteiger partial charge in [0, 0.05) is 23.5 Å². The SMILES string of the molecule is Nc1cc(OCCCS(=O)(=O)O)c(N)cc1OCCCS(=O)(=O)O.Nc1ccc(N)c(S(=O)(=O)O)c1.Nc1ccc(S(=O)(=O)O)cc1. The molecule has 0 fully saturated rings. The molecule has 3 rings (SSSR count). The molecular weight excluding hydrogens is 711 g/mol. The number of nitrogens with two attached hydrogens (primary N) is 5. The van der Waals surface area contributed by atoms with E-state index in [2.05, 4.69) is 0 Å². The Bertz CT molecular complexity index is 1870. The van der Waals surface area contributed by atoms with Gasteiger partial charge < -0.3 is 38.1 Å². The Labute approximate surface area is 271 Å². The van der Waals surface area contributed by atoms with Gasteiger partial charge in [0.2, 0.25) is 0 Å². The fourth-order valence-electron chi connectivity index (χ4n) is 3.10. The van der Waals surface area contributed by atoms with E-state index < -0.39 is 52.0 Å². The summed E-state index contributed by atoms with van der Waals surface area (Å²) in [6.07, 6.45) is 0.151. The molecule has 0 spiro atoms. The van der Waals surface area contributed by atoms with Crippen LogP contribution in [0.5, 0.6) is 11.5 Å². The summed E-state index contributed by atoms with van der Waals surface area (Å²) in [6.45, 7) is 0.0238. The minimum Gasteiger partial charge on any atom is -0.491 e. The zero-order chi connectivity index (χ0) is 36.2. The molecule has 0 saturated heterocycles. The first-order valence-corrected chi connectivity index (χ1v) is 18.8. The molecule has 0 saturated carbocycles. The third-order valence-corrected chi connectivity index (χ3v) is 8.63. The molecule has 0 atom stereocenters. The van der Waals surface area contributed by atoms with E-state index >= 15 is 0 Å². The number of anilines is 5. The van der Waals surface area contributed by atoms with Crippen molar-refractivity contribution in [3.8, 4) is 11.5 Å². The van der Waals surface area contributed by atoms with Gasteiger partial charge in [0.1, 0.15) is 16.4 Å². The van der Waals surface area contributed by atoms with Crippen molar-refractivity contribution in [2.24, 2.45) is 0 Å². The van der Waals surface area contributed by atoms with Gasteiger partial charge in [-0.1, -0.05) is 0 Å². The van der Waals surface area contributed by atoms with Crippen LogP contribution in [-0.2, 0) is 40.5 Å². The molecule has 19 nitrogen and oxygen atoms in total. The quantitative estimate of drug-likeness (QED) is 0.0702. The lowest BCUT2D eigenvalue weighted by atomic mass is 10.2. The Kier molecular flexibility index (Phi) is 14.9. The highest BCUT2D eigenvalue weighted by Gasteiger charge is 2.14. The topological polar surface area (TPSA) is 366 Å². The summed E-state index contributed by atoms with van der Waals surface area (Å²) in [7, 11) is -16.4. The summed E-state index contributed by atoms with van der Waals surface area (Å²) >= 11 is 0. The normalized spacial score (nSPS) is 11.7. The lowest BCUT2D eigenvalue weighted by Gasteiger charge is -2.13. The largest absolute Gasteiger partial charge is 0.491 e. The zero-order valence-electron chi connectivity index (χ0n) is 24.3. The van der Waals surface area contributed by atoms with Gasteiger partial charge in [-0.05, 0) is 55.3 Å². The number of rotatable bonds is 12. The second-order valence-electron chi connectivity index (χ2n) is 9.22. The summed E-state index contributed by atoms with van der Waals surface area (Å²) < 4.78 is 129. The molecule has 0 aliphatic rings. The number of nitrogen functional groups attached to an aromatic ring is 5. The molecule has 23 heteroatoms. The first-order chi connectivity index (χ1) is 21.4. The van der Waals surface area contributed by atoms with Crippen LogP contribution >= 0.6 is 0 Å². The van der Waals surface area contributed by atoms with Gasteiger partial charge in [-0.25, -0.2) is 0 Å². The number of ether oxygens (including phenoxy) is 2. The van der Waals surface area contributed by atoms with Crippen LogP contribution in [0.1, 0.15) is 12.8 Å². The van der Waals surface area contributed by atoms with Crippen LogP contribution in [0.15, 0.2) is 64.4 Å². The first kappa shape index (κ1) is 40.9. The van der Waals surface area contributed by atoms with E-state index in [1.54, 1.807) is 0 Å². The molecule has 0 aromatic heterocycles. The van der Waals surface area contributed by atoms with E-state index in [0.29, 0.717) is 5.69 Å². The van der Waals surface area contributed by atoms with E-state index in [-0.39, 0.29) is 70.1 Å². The maximum Gasteiger partial charge on any atom is 0.296 e. The lowest BCUT2D eigenvalue weighted by Crippen LogP contribution is -2.10. The molecule has 0 amide bonds. The van der Waals surface area contributed by atoms with E-state index in [4.69, 9.17) is 56.4 Å². The molecule has 3 aromatic carbocycles. The van der Waals surface area contributed by atoms with Crippen LogP contribution < -0.4 is 38.1 Å². The smallest absolute Gasteiger partial charge is 0.296 e. The highest BCUT2D eigenvalue weighted by molar-refractivity contribution is 7.86. The fourth-order valence-corrected chi connectivity index (χ4v) is 5.20. The first-order valence-electron chi connectivity index (χ1n) is 12.7. The molecule has 0 radical (unpaired) electrons. The predicted molar refractivity (Wildman–Crippen MR) is 174 cm³/mol. The molecule has 264 valence electrons. The predicted octanol–water partition coefficient (Wildman–Crippen LogP) is 0.778. The van der Waals surface area contributed by atoms with Gasteiger partial charge in [0.05, 0.1) is 46.7 Å². The number of benzene rings is 3. The average Bonchev–Trinajstić information content (AvgIpc) is 2.91. The molecular formula is C24H35N5O14S4. The molecule has 0 unspecified atom stereocenters. The zero-order valence-corrected chi connectivity index (χ0v) is 27.6. The Hall–Kier alpha value is -4.10. The summed E-state index contributed by atoms with van der Waals surface area (Å²) in [5.74, 6) is -0.407. The van der Waals surface area contributed by atoms with Gasteiger partial charge in [-0.15, -0.1) is 0 Å². The fraction of sp³-hybridized carbons (Fsp3) is 0.250. The molecule has 0 bridgehead atoms. The third kappa shape index (κ3) is 16.9. The maximum atomic E-state index is 10.6. The Balaban J connectivity index is 0.000000398. The van der Waals surface area contributed by atoms with Crippen molar-refractivity contribution in [3.05, 3.63) is 54.6 Å². The Morgan fingerprint density at radius 1 is 0.511 bits per heavy atom. The summed E-state index contributed by atoms with van der Waals surface area (Å²) in [5.41, 5.74) is 28.5. The van der Waals surface area contributed by atoms with Crippen molar-refractivity contribution in [2.75, 3.05) is 53.4 Å². The molecule has 0 aliphatic heterocycles. The van der Waals surface area contributed by atoms with E-state index in [9.17, 15) is 33.7 Å². The van der Waals surface area contributed by atoms with E-state index in [1.807, 2.05) is 0 Å².